The molecule has 20 heavy (non-hydrogen) atoms. The fourth-order valence-corrected chi connectivity index (χ4v) is 4.89. The molecule has 0 aromatic carbocycles. The highest BCUT2D eigenvalue weighted by Crippen LogP contribution is 2.57. The fourth-order valence-electron chi connectivity index (χ4n) is 4.16. The van der Waals surface area contributed by atoms with E-state index in [9.17, 15) is 5.11 Å². The predicted molar refractivity (Wildman–Crippen MR) is 83.6 cm³/mol. The second-order valence-corrected chi connectivity index (χ2v) is 7.13. The molecule has 3 unspecified atom stereocenters. The average Bonchev–Trinajstić information content (AvgIpc) is 3.12. The van der Waals surface area contributed by atoms with Gasteiger partial charge in [0.25, 0.3) is 0 Å². The Morgan fingerprint density at radius 2 is 1.95 bits per heavy atom. The number of fused-ring (bicyclic) bond motifs is 1. The molecule has 0 radical (unpaired) electrons. The molecule has 2 saturated carbocycles. The standard InChI is InChI=1S/C16H25BrN2O/c1-3-12-16(17)13(19(4-2)18-12)9-14(20)15-10-7-5-6-8-11(10)15/h10-11,14-15,20H,3-9H2,1-2H3. The van der Waals surface area contributed by atoms with Crippen molar-refractivity contribution in [2.24, 2.45) is 17.8 Å². The molecule has 4 heteroatoms. The van der Waals surface area contributed by atoms with Crippen LogP contribution < -0.4 is 0 Å². The van der Waals surface area contributed by atoms with Crippen molar-refractivity contribution in [3.8, 4) is 0 Å². The quantitative estimate of drug-likeness (QED) is 0.889. The molecule has 0 spiro atoms. The number of hydrogen-bond acceptors (Lipinski definition) is 2. The van der Waals surface area contributed by atoms with Gasteiger partial charge in [-0.3, -0.25) is 4.68 Å². The highest BCUT2D eigenvalue weighted by atomic mass is 79.9. The Morgan fingerprint density at radius 3 is 2.50 bits per heavy atom. The number of aliphatic hydroxyl groups excluding tert-OH is 1. The van der Waals surface area contributed by atoms with Gasteiger partial charge >= 0.3 is 0 Å². The summed E-state index contributed by atoms with van der Waals surface area (Å²) >= 11 is 3.68. The van der Waals surface area contributed by atoms with Crippen LogP contribution >= 0.6 is 15.9 Å². The lowest BCUT2D eigenvalue weighted by molar-refractivity contribution is 0.137. The maximum absolute atomic E-state index is 10.6. The second-order valence-electron chi connectivity index (χ2n) is 6.34. The molecule has 3 nitrogen and oxygen atoms in total. The molecule has 1 aromatic rings. The average molecular weight is 341 g/mol. The van der Waals surface area contributed by atoms with Gasteiger partial charge < -0.3 is 5.11 Å². The van der Waals surface area contributed by atoms with Gasteiger partial charge in [-0.1, -0.05) is 19.8 Å². The summed E-state index contributed by atoms with van der Waals surface area (Å²) in [4.78, 5) is 0. The molecule has 2 fully saturated rings. The van der Waals surface area contributed by atoms with E-state index in [2.05, 4.69) is 39.6 Å². The lowest BCUT2D eigenvalue weighted by Gasteiger charge is -2.12. The molecule has 0 amide bonds. The zero-order valence-electron chi connectivity index (χ0n) is 12.5. The highest BCUT2D eigenvalue weighted by molar-refractivity contribution is 9.10. The number of rotatable bonds is 5. The van der Waals surface area contributed by atoms with Crippen LogP contribution in [0.1, 0.15) is 50.9 Å². The first-order chi connectivity index (χ1) is 9.67. The van der Waals surface area contributed by atoms with Crippen molar-refractivity contribution < 1.29 is 5.11 Å². The van der Waals surface area contributed by atoms with Gasteiger partial charge in [-0.15, -0.1) is 0 Å². The lowest BCUT2D eigenvalue weighted by atomic mass is 10.0. The lowest BCUT2D eigenvalue weighted by Crippen LogP contribution is -2.18. The van der Waals surface area contributed by atoms with Gasteiger partial charge in [-0.05, 0) is 59.9 Å². The number of aromatic nitrogens is 2. The summed E-state index contributed by atoms with van der Waals surface area (Å²) in [6.07, 6.45) is 6.89. The SMILES string of the molecule is CCc1nn(CC)c(CC(O)C2C3CCCCC32)c1Br. The fraction of sp³-hybridized carbons (Fsp3) is 0.812. The van der Waals surface area contributed by atoms with Gasteiger partial charge in [0.05, 0.1) is 22.0 Å². The predicted octanol–water partition coefficient (Wildman–Crippen LogP) is 3.57. The largest absolute Gasteiger partial charge is 0.392 e. The number of hydrogen-bond donors (Lipinski definition) is 1. The highest BCUT2D eigenvalue weighted by Gasteiger charge is 2.53. The van der Waals surface area contributed by atoms with Crippen LogP contribution in [-0.2, 0) is 19.4 Å². The van der Waals surface area contributed by atoms with E-state index in [1.54, 1.807) is 0 Å². The molecule has 3 atom stereocenters. The Balaban J connectivity index is 1.73. The minimum atomic E-state index is -0.189. The van der Waals surface area contributed by atoms with Crippen molar-refractivity contribution in [2.75, 3.05) is 0 Å². The topological polar surface area (TPSA) is 38.0 Å². The Kier molecular flexibility index (Phi) is 4.23. The van der Waals surface area contributed by atoms with Crippen molar-refractivity contribution >= 4 is 15.9 Å². The summed E-state index contributed by atoms with van der Waals surface area (Å²) in [5, 5.41) is 15.3. The van der Waals surface area contributed by atoms with Gasteiger partial charge in [0.2, 0.25) is 0 Å². The van der Waals surface area contributed by atoms with Gasteiger partial charge in [0.1, 0.15) is 0 Å². The normalized spacial score (nSPS) is 30.1. The zero-order chi connectivity index (χ0) is 14.3. The number of aliphatic hydroxyl groups is 1. The molecule has 112 valence electrons. The number of nitrogens with zero attached hydrogens (tertiary/aromatic N) is 2. The van der Waals surface area contributed by atoms with Crippen LogP contribution in [0.25, 0.3) is 0 Å². The van der Waals surface area contributed by atoms with E-state index in [-0.39, 0.29) is 6.10 Å². The molecule has 1 aromatic heterocycles. The maximum atomic E-state index is 10.6. The number of aryl methyl sites for hydroxylation is 2. The van der Waals surface area contributed by atoms with E-state index < -0.39 is 0 Å². The summed E-state index contributed by atoms with van der Waals surface area (Å²) < 4.78 is 3.17. The van der Waals surface area contributed by atoms with Crippen molar-refractivity contribution in [2.45, 2.75) is 65.0 Å². The van der Waals surface area contributed by atoms with Crippen molar-refractivity contribution in [1.29, 1.82) is 0 Å². The first-order valence-electron chi connectivity index (χ1n) is 8.09. The molecule has 3 rings (SSSR count). The van der Waals surface area contributed by atoms with Gasteiger partial charge in [-0.25, -0.2) is 0 Å². The first kappa shape index (κ1) is 14.6. The molecule has 2 aliphatic rings. The van der Waals surface area contributed by atoms with Gasteiger partial charge in [0.15, 0.2) is 0 Å². The van der Waals surface area contributed by atoms with Crippen LogP contribution in [0.3, 0.4) is 0 Å². The van der Waals surface area contributed by atoms with Crippen molar-refractivity contribution in [3.05, 3.63) is 15.9 Å². The molecule has 2 aliphatic carbocycles. The van der Waals surface area contributed by atoms with Crippen LogP contribution in [0.4, 0.5) is 0 Å². The minimum absolute atomic E-state index is 0.189. The zero-order valence-corrected chi connectivity index (χ0v) is 14.1. The van der Waals surface area contributed by atoms with E-state index in [1.807, 2.05) is 0 Å². The van der Waals surface area contributed by atoms with Crippen molar-refractivity contribution in [1.82, 2.24) is 9.78 Å². The van der Waals surface area contributed by atoms with E-state index in [0.29, 0.717) is 5.92 Å². The Labute approximate surface area is 129 Å². The minimum Gasteiger partial charge on any atom is -0.392 e. The smallest absolute Gasteiger partial charge is 0.0766 e. The second kappa shape index (κ2) is 5.80. The number of halogens is 1. The Hall–Kier alpha value is -0.350. The summed E-state index contributed by atoms with van der Waals surface area (Å²) in [5.74, 6) is 2.16. The third-order valence-electron chi connectivity index (χ3n) is 5.26. The molecule has 1 N–H and O–H groups in total. The van der Waals surface area contributed by atoms with E-state index in [0.717, 1.165) is 41.4 Å². The summed E-state index contributed by atoms with van der Waals surface area (Å²) in [6, 6.07) is 0. The first-order valence-corrected chi connectivity index (χ1v) is 8.88. The van der Waals surface area contributed by atoms with E-state index in [4.69, 9.17) is 0 Å². The van der Waals surface area contributed by atoms with Crippen LogP contribution in [0.2, 0.25) is 0 Å². The summed E-state index contributed by atoms with van der Waals surface area (Å²) in [5.41, 5.74) is 2.29. The van der Waals surface area contributed by atoms with Gasteiger partial charge in [0, 0.05) is 13.0 Å². The monoisotopic (exact) mass is 340 g/mol. The molecule has 0 saturated heterocycles. The molecule has 1 heterocycles. The van der Waals surface area contributed by atoms with Crippen LogP contribution in [0, 0.1) is 17.8 Å². The Bertz CT molecular complexity index is 473. The van der Waals surface area contributed by atoms with Crippen LogP contribution in [-0.4, -0.2) is 21.0 Å². The third kappa shape index (κ3) is 2.45. The van der Waals surface area contributed by atoms with Crippen molar-refractivity contribution in [3.63, 3.8) is 0 Å². The van der Waals surface area contributed by atoms with E-state index >= 15 is 0 Å². The molecular weight excluding hydrogens is 316 g/mol. The molecule has 0 bridgehead atoms. The maximum Gasteiger partial charge on any atom is 0.0766 e. The van der Waals surface area contributed by atoms with Gasteiger partial charge in [-0.2, -0.15) is 5.10 Å². The Morgan fingerprint density at radius 1 is 1.30 bits per heavy atom. The third-order valence-corrected chi connectivity index (χ3v) is 6.18. The molecular formula is C16H25BrN2O. The summed E-state index contributed by atoms with van der Waals surface area (Å²) in [6.45, 7) is 5.12. The van der Waals surface area contributed by atoms with Crippen LogP contribution in [0.15, 0.2) is 4.47 Å². The van der Waals surface area contributed by atoms with E-state index in [1.165, 1.54) is 31.4 Å². The van der Waals surface area contributed by atoms with Crippen LogP contribution in [0.5, 0.6) is 0 Å². The molecule has 0 aliphatic heterocycles. The summed E-state index contributed by atoms with van der Waals surface area (Å²) in [7, 11) is 0.